The summed E-state index contributed by atoms with van der Waals surface area (Å²) in [7, 11) is 0. The third kappa shape index (κ3) is 6.65. The van der Waals surface area contributed by atoms with Gasteiger partial charge in [0.1, 0.15) is 10.9 Å². The maximum absolute atomic E-state index is 14.0. The van der Waals surface area contributed by atoms with Gasteiger partial charge in [-0.15, -0.1) is 11.8 Å². The molecule has 1 aromatic heterocycles. The summed E-state index contributed by atoms with van der Waals surface area (Å²) in [4.78, 5) is 46.8. The van der Waals surface area contributed by atoms with Crippen LogP contribution >= 0.6 is 11.8 Å². The summed E-state index contributed by atoms with van der Waals surface area (Å²) in [5, 5.41) is 6.22. The first-order valence-corrected chi connectivity index (χ1v) is 16.6. The molecule has 1 atom stereocenters. The topological polar surface area (TPSA) is 94.3 Å². The number of hydrogen-bond donors (Lipinski definition) is 3. The first kappa shape index (κ1) is 30.8. The molecule has 0 unspecified atom stereocenters. The van der Waals surface area contributed by atoms with Crippen molar-refractivity contribution >= 4 is 57.8 Å². The molecule has 7 rings (SSSR count). The van der Waals surface area contributed by atoms with Gasteiger partial charge in [0, 0.05) is 51.0 Å². The molecule has 3 N–H and O–H groups in total. The van der Waals surface area contributed by atoms with Gasteiger partial charge in [0.15, 0.2) is 0 Å². The highest BCUT2D eigenvalue weighted by Gasteiger charge is 2.31. The van der Waals surface area contributed by atoms with Crippen LogP contribution < -0.4 is 15.5 Å². The summed E-state index contributed by atoms with van der Waals surface area (Å²) in [6, 6.07) is 41.8. The van der Waals surface area contributed by atoms with Crippen molar-refractivity contribution in [1.29, 1.82) is 0 Å². The van der Waals surface area contributed by atoms with Crippen LogP contribution in [0.15, 0.2) is 150 Å². The molecule has 5 aromatic carbocycles. The molecule has 1 aliphatic heterocycles. The highest BCUT2D eigenvalue weighted by Crippen LogP contribution is 2.40. The number of thioether (sulfide) groups is 1. The summed E-state index contributed by atoms with van der Waals surface area (Å²) in [6.45, 7) is 0.655. The zero-order valence-electron chi connectivity index (χ0n) is 25.9. The lowest BCUT2D eigenvalue weighted by molar-refractivity contribution is -0.118. The van der Waals surface area contributed by atoms with E-state index in [1.54, 1.807) is 42.5 Å². The fourth-order valence-corrected chi connectivity index (χ4v) is 6.95. The molecule has 0 bridgehead atoms. The predicted octanol–water partition coefficient (Wildman–Crippen LogP) is 8.00. The second-order valence-electron chi connectivity index (χ2n) is 11.4. The Morgan fingerprint density at radius 3 is 2.25 bits per heavy atom. The van der Waals surface area contributed by atoms with Gasteiger partial charge < -0.3 is 20.5 Å². The van der Waals surface area contributed by atoms with E-state index < -0.39 is 11.2 Å². The molecule has 0 radical (unpaired) electrons. The number of H-pyrrole nitrogens is 1. The van der Waals surface area contributed by atoms with E-state index in [0.717, 1.165) is 39.0 Å². The summed E-state index contributed by atoms with van der Waals surface area (Å²) in [5.74, 6) is -0.814. The first-order chi connectivity index (χ1) is 23.5. The van der Waals surface area contributed by atoms with Gasteiger partial charge in [-0.05, 0) is 72.2 Å². The van der Waals surface area contributed by atoms with Gasteiger partial charge in [-0.1, -0.05) is 84.9 Å². The SMILES string of the molecule is O=C(Nc1ccc(S[C@H](C(=O)N2CCc3ccccc32)c2ccccc2)cc1)/C(=C\c1c[nH]c2ccccc12)NC(=O)c1ccccc1. The molecule has 0 spiro atoms. The molecule has 3 amide bonds. The third-order valence-corrected chi connectivity index (χ3v) is 9.55. The van der Waals surface area contributed by atoms with Gasteiger partial charge in [-0.2, -0.15) is 0 Å². The number of rotatable bonds is 9. The molecule has 0 saturated carbocycles. The number of anilines is 2. The molecule has 6 aromatic rings. The van der Waals surface area contributed by atoms with E-state index in [1.165, 1.54) is 17.3 Å². The summed E-state index contributed by atoms with van der Waals surface area (Å²) < 4.78 is 0. The summed E-state index contributed by atoms with van der Waals surface area (Å²) in [5.41, 5.74) is 5.87. The fraction of sp³-hybridized carbons (Fsp3) is 0.0750. The number of nitrogens with zero attached hydrogens (tertiary/aromatic N) is 1. The van der Waals surface area contributed by atoms with Crippen molar-refractivity contribution in [2.45, 2.75) is 16.6 Å². The van der Waals surface area contributed by atoms with Crippen LogP contribution in [0.1, 0.15) is 32.3 Å². The van der Waals surface area contributed by atoms with Crippen molar-refractivity contribution < 1.29 is 14.4 Å². The lowest BCUT2D eigenvalue weighted by Gasteiger charge is -2.24. The van der Waals surface area contributed by atoms with Crippen LogP contribution in [0.4, 0.5) is 11.4 Å². The predicted molar refractivity (Wildman–Crippen MR) is 193 cm³/mol. The second kappa shape index (κ2) is 13.9. The third-order valence-electron chi connectivity index (χ3n) is 8.30. The number of benzene rings is 5. The van der Waals surface area contributed by atoms with Crippen LogP contribution in [0.3, 0.4) is 0 Å². The van der Waals surface area contributed by atoms with Crippen molar-refractivity contribution in [2.24, 2.45) is 0 Å². The van der Waals surface area contributed by atoms with E-state index in [9.17, 15) is 14.4 Å². The zero-order chi connectivity index (χ0) is 32.9. The van der Waals surface area contributed by atoms with Crippen molar-refractivity contribution in [3.8, 4) is 0 Å². The van der Waals surface area contributed by atoms with Crippen molar-refractivity contribution in [3.63, 3.8) is 0 Å². The zero-order valence-corrected chi connectivity index (χ0v) is 26.7. The van der Waals surface area contributed by atoms with E-state index in [4.69, 9.17) is 0 Å². The fourth-order valence-electron chi connectivity index (χ4n) is 5.86. The minimum atomic E-state index is -0.463. The number of hydrogen-bond acceptors (Lipinski definition) is 4. The Kier molecular flexibility index (Phi) is 8.89. The Morgan fingerprint density at radius 2 is 1.46 bits per heavy atom. The molecule has 7 nitrogen and oxygen atoms in total. The van der Waals surface area contributed by atoms with E-state index in [-0.39, 0.29) is 17.5 Å². The lowest BCUT2D eigenvalue weighted by atomic mass is 10.1. The number of para-hydroxylation sites is 2. The maximum Gasteiger partial charge on any atom is 0.272 e. The molecule has 0 saturated heterocycles. The monoisotopic (exact) mass is 648 g/mol. The van der Waals surface area contributed by atoms with E-state index in [2.05, 4.69) is 21.7 Å². The van der Waals surface area contributed by atoms with Gasteiger partial charge in [0.2, 0.25) is 5.91 Å². The van der Waals surface area contributed by atoms with Gasteiger partial charge in [0.25, 0.3) is 11.8 Å². The minimum absolute atomic E-state index is 0.0368. The maximum atomic E-state index is 14.0. The Morgan fingerprint density at radius 1 is 0.771 bits per heavy atom. The summed E-state index contributed by atoms with van der Waals surface area (Å²) in [6.07, 6.45) is 4.32. The van der Waals surface area contributed by atoms with Crippen molar-refractivity contribution in [3.05, 3.63) is 168 Å². The molecule has 48 heavy (non-hydrogen) atoms. The van der Waals surface area contributed by atoms with Crippen LogP contribution in [-0.2, 0) is 16.0 Å². The number of carbonyl (C=O) groups is 3. The number of nitrogens with one attached hydrogen (secondary N) is 3. The van der Waals surface area contributed by atoms with E-state index in [0.29, 0.717) is 17.8 Å². The molecule has 2 heterocycles. The second-order valence-corrected chi connectivity index (χ2v) is 12.6. The molecule has 0 aliphatic carbocycles. The molecular weight excluding hydrogens is 617 g/mol. The van der Waals surface area contributed by atoms with Gasteiger partial charge >= 0.3 is 0 Å². The minimum Gasteiger partial charge on any atom is -0.361 e. The Bertz CT molecular complexity index is 2130. The molecular formula is C40H32N4O3S. The van der Waals surface area contributed by atoms with Gasteiger partial charge in [-0.25, -0.2) is 0 Å². The van der Waals surface area contributed by atoms with Crippen LogP contribution in [0.5, 0.6) is 0 Å². The van der Waals surface area contributed by atoms with Gasteiger partial charge in [-0.3, -0.25) is 14.4 Å². The largest absolute Gasteiger partial charge is 0.361 e. The Labute approximate surface area is 282 Å². The van der Waals surface area contributed by atoms with Crippen LogP contribution in [0.2, 0.25) is 0 Å². The van der Waals surface area contributed by atoms with Crippen molar-refractivity contribution in [2.75, 3.05) is 16.8 Å². The number of carbonyl (C=O) groups excluding carboxylic acids is 3. The quantitative estimate of drug-likeness (QED) is 0.109. The first-order valence-electron chi connectivity index (χ1n) is 15.7. The lowest BCUT2D eigenvalue weighted by Crippen LogP contribution is -2.32. The number of amides is 3. The molecule has 1 aliphatic rings. The highest BCUT2D eigenvalue weighted by molar-refractivity contribution is 8.00. The smallest absolute Gasteiger partial charge is 0.272 e. The van der Waals surface area contributed by atoms with Crippen LogP contribution in [0.25, 0.3) is 17.0 Å². The number of aromatic amines is 1. The van der Waals surface area contributed by atoms with Gasteiger partial charge in [0.05, 0.1) is 0 Å². The average Bonchev–Trinajstić information content (AvgIpc) is 3.76. The Hall–Kier alpha value is -5.86. The Balaban J connectivity index is 1.11. The van der Waals surface area contributed by atoms with E-state index in [1.807, 2.05) is 102 Å². The number of aromatic nitrogens is 1. The molecule has 0 fully saturated rings. The standard InChI is InChI=1S/C40H32N4O3S/c45-38(29-14-5-2-6-15-29)43-35(25-30-26-41-34-17-9-8-16-33(30)34)39(46)42-31-19-21-32(22-20-31)48-37(28-12-3-1-4-13-28)40(47)44-24-23-27-11-7-10-18-36(27)44/h1-22,25-26,37,41H,23-24H2,(H,42,46)(H,43,45)/b35-25+/t37-/m0/s1. The molecule has 8 heteroatoms. The highest BCUT2D eigenvalue weighted by atomic mass is 32.2. The summed E-state index contributed by atoms with van der Waals surface area (Å²) >= 11 is 1.48. The van der Waals surface area contributed by atoms with Crippen molar-refractivity contribution in [1.82, 2.24) is 10.3 Å². The average molecular weight is 649 g/mol. The van der Waals surface area contributed by atoms with Crippen LogP contribution in [0, 0.1) is 0 Å². The van der Waals surface area contributed by atoms with Crippen LogP contribution in [-0.4, -0.2) is 29.3 Å². The normalized spacial score (nSPS) is 13.2. The number of fused-ring (bicyclic) bond motifs is 2. The molecule has 236 valence electrons. The van der Waals surface area contributed by atoms with E-state index >= 15 is 0 Å².